The van der Waals surface area contributed by atoms with Gasteiger partial charge in [0.1, 0.15) is 0 Å². The van der Waals surface area contributed by atoms with E-state index >= 15 is 0 Å². The zero-order valence-electron chi connectivity index (χ0n) is 15.7. The lowest BCUT2D eigenvalue weighted by Gasteiger charge is -2.30. The quantitative estimate of drug-likeness (QED) is 0.757. The maximum atomic E-state index is 12.7. The number of halogens is 1. The Bertz CT molecular complexity index is 515. The summed E-state index contributed by atoms with van der Waals surface area (Å²) in [4.78, 5) is 14.3. The summed E-state index contributed by atoms with van der Waals surface area (Å²) in [7, 11) is 1.74. The Kier molecular flexibility index (Phi) is 10.8. The minimum atomic E-state index is -0.692. The van der Waals surface area contributed by atoms with Gasteiger partial charge in [0, 0.05) is 19.6 Å². The van der Waals surface area contributed by atoms with Gasteiger partial charge in [-0.1, -0.05) is 56.0 Å². The van der Waals surface area contributed by atoms with Crippen molar-refractivity contribution in [1.29, 1.82) is 0 Å². The largest absolute Gasteiger partial charge is 0.389 e. The molecule has 1 aromatic carbocycles. The highest BCUT2D eigenvalue weighted by molar-refractivity contribution is 5.85. The summed E-state index contributed by atoms with van der Waals surface area (Å²) in [5.74, 6) is -0.0701. The van der Waals surface area contributed by atoms with Crippen LogP contribution in [0.5, 0.6) is 0 Å². The number of nitrogens with zero attached hydrogens (tertiary/aromatic N) is 1. The fourth-order valence-corrected chi connectivity index (χ4v) is 3.45. The summed E-state index contributed by atoms with van der Waals surface area (Å²) in [6.07, 6.45) is 5.61. The van der Waals surface area contributed by atoms with Crippen LogP contribution in [0, 0.1) is 5.92 Å². The summed E-state index contributed by atoms with van der Waals surface area (Å²) < 4.78 is 5.55. The standard InChI is InChI=1S/C20H32N2O3.ClH/c1-22(20(24)18-11-7-2-3-8-12-19(18)21)13-17(23)15-25-14-16-9-5-4-6-10-16;/h4-6,9-10,17-19,23H,2-3,7-8,11-15,21H2,1H3;1H. The number of ether oxygens (including phenoxy) is 1. The second kappa shape index (κ2) is 12.3. The average Bonchev–Trinajstić information content (AvgIpc) is 2.59. The van der Waals surface area contributed by atoms with Crippen molar-refractivity contribution in [3.05, 3.63) is 35.9 Å². The van der Waals surface area contributed by atoms with E-state index < -0.39 is 6.10 Å². The molecule has 0 aromatic heterocycles. The van der Waals surface area contributed by atoms with Crippen LogP contribution in [-0.4, -0.2) is 48.3 Å². The lowest BCUT2D eigenvalue weighted by molar-refractivity contribution is -0.137. The van der Waals surface area contributed by atoms with Crippen LogP contribution in [0.15, 0.2) is 30.3 Å². The fourth-order valence-electron chi connectivity index (χ4n) is 3.45. The molecule has 1 aromatic rings. The zero-order chi connectivity index (χ0) is 18.1. The van der Waals surface area contributed by atoms with Crippen LogP contribution >= 0.6 is 12.4 Å². The molecular weight excluding hydrogens is 352 g/mol. The average molecular weight is 385 g/mol. The monoisotopic (exact) mass is 384 g/mol. The van der Waals surface area contributed by atoms with Crippen LogP contribution in [0.1, 0.15) is 44.1 Å². The Labute approximate surface area is 163 Å². The molecule has 6 heteroatoms. The molecule has 5 nitrogen and oxygen atoms in total. The van der Waals surface area contributed by atoms with Gasteiger partial charge in [-0.3, -0.25) is 4.79 Å². The summed E-state index contributed by atoms with van der Waals surface area (Å²) in [6.45, 7) is 0.948. The Balaban J connectivity index is 0.00000338. The van der Waals surface area contributed by atoms with E-state index in [0.717, 1.165) is 31.2 Å². The predicted molar refractivity (Wildman–Crippen MR) is 106 cm³/mol. The van der Waals surface area contributed by atoms with Gasteiger partial charge in [0.2, 0.25) is 5.91 Å². The highest BCUT2D eigenvalue weighted by Crippen LogP contribution is 2.23. The van der Waals surface area contributed by atoms with Crippen molar-refractivity contribution < 1.29 is 14.6 Å². The molecule has 1 fully saturated rings. The van der Waals surface area contributed by atoms with Crippen molar-refractivity contribution in [2.75, 3.05) is 20.2 Å². The van der Waals surface area contributed by atoms with Gasteiger partial charge >= 0.3 is 0 Å². The first kappa shape index (κ1) is 22.9. The van der Waals surface area contributed by atoms with Crippen LogP contribution in [-0.2, 0) is 16.1 Å². The molecule has 0 radical (unpaired) electrons. The molecule has 1 saturated carbocycles. The topological polar surface area (TPSA) is 75.8 Å². The molecule has 148 valence electrons. The number of nitrogens with two attached hydrogens (primary N) is 1. The summed E-state index contributed by atoms with van der Waals surface area (Å²) in [5, 5.41) is 10.2. The molecule has 1 aliphatic carbocycles. The number of likely N-dealkylation sites (N-methyl/N-ethyl adjacent to an activating group) is 1. The summed E-state index contributed by atoms with van der Waals surface area (Å²) >= 11 is 0. The van der Waals surface area contributed by atoms with E-state index in [4.69, 9.17) is 10.5 Å². The molecular formula is C20H33ClN2O3. The molecule has 3 N–H and O–H groups in total. The number of aliphatic hydroxyl groups is 1. The number of carbonyl (C=O) groups is 1. The Morgan fingerprint density at radius 3 is 2.58 bits per heavy atom. The molecule has 0 aliphatic heterocycles. The molecule has 0 heterocycles. The van der Waals surface area contributed by atoms with Crippen molar-refractivity contribution >= 4 is 18.3 Å². The van der Waals surface area contributed by atoms with Crippen LogP contribution in [0.3, 0.4) is 0 Å². The van der Waals surface area contributed by atoms with Crippen molar-refractivity contribution in [2.45, 2.75) is 57.3 Å². The molecule has 0 spiro atoms. The lowest BCUT2D eigenvalue weighted by atomic mass is 9.86. The Morgan fingerprint density at radius 2 is 1.88 bits per heavy atom. The van der Waals surface area contributed by atoms with Crippen molar-refractivity contribution in [3.63, 3.8) is 0 Å². The summed E-state index contributed by atoms with van der Waals surface area (Å²) in [5.41, 5.74) is 7.30. The molecule has 1 aliphatic rings. The van der Waals surface area contributed by atoms with E-state index in [-0.39, 0.29) is 43.4 Å². The van der Waals surface area contributed by atoms with Gasteiger partial charge in [0.25, 0.3) is 0 Å². The number of hydrogen-bond acceptors (Lipinski definition) is 4. The second-order valence-corrected chi connectivity index (χ2v) is 7.14. The number of benzene rings is 1. The number of hydrogen-bond donors (Lipinski definition) is 2. The molecule has 3 unspecified atom stereocenters. The number of amides is 1. The third-order valence-corrected chi connectivity index (χ3v) is 4.92. The van der Waals surface area contributed by atoms with Gasteiger partial charge in [-0.25, -0.2) is 0 Å². The van der Waals surface area contributed by atoms with Crippen LogP contribution in [0.2, 0.25) is 0 Å². The molecule has 2 rings (SSSR count). The lowest BCUT2D eigenvalue weighted by Crippen LogP contribution is -2.45. The van der Waals surface area contributed by atoms with Gasteiger partial charge in [-0.2, -0.15) is 0 Å². The first-order valence-corrected chi connectivity index (χ1v) is 9.38. The number of rotatable bonds is 7. The predicted octanol–water partition coefficient (Wildman–Crippen LogP) is 2.74. The normalized spacial score (nSPS) is 21.8. The maximum absolute atomic E-state index is 12.7. The van der Waals surface area contributed by atoms with Crippen LogP contribution in [0.4, 0.5) is 0 Å². The third-order valence-electron chi connectivity index (χ3n) is 4.92. The number of carbonyl (C=O) groups excluding carboxylic acids is 1. The second-order valence-electron chi connectivity index (χ2n) is 7.14. The fraction of sp³-hybridized carbons (Fsp3) is 0.650. The van der Waals surface area contributed by atoms with E-state index in [1.165, 1.54) is 12.8 Å². The molecule has 26 heavy (non-hydrogen) atoms. The molecule has 1 amide bonds. The highest BCUT2D eigenvalue weighted by atomic mass is 35.5. The van der Waals surface area contributed by atoms with Gasteiger partial charge in [0.15, 0.2) is 0 Å². The third kappa shape index (κ3) is 7.62. The van der Waals surface area contributed by atoms with E-state index in [0.29, 0.717) is 6.61 Å². The molecule has 3 atom stereocenters. The smallest absolute Gasteiger partial charge is 0.227 e. The molecule has 0 bridgehead atoms. The minimum absolute atomic E-state index is 0. The highest BCUT2D eigenvalue weighted by Gasteiger charge is 2.29. The Hall–Kier alpha value is -1.14. The summed E-state index contributed by atoms with van der Waals surface area (Å²) in [6, 6.07) is 9.77. The SMILES string of the molecule is CN(CC(O)COCc1ccccc1)C(=O)C1CCCCCCC1N.Cl. The van der Waals surface area contributed by atoms with Gasteiger partial charge in [-0.05, 0) is 18.4 Å². The van der Waals surface area contributed by atoms with Gasteiger partial charge in [0.05, 0.1) is 25.2 Å². The minimum Gasteiger partial charge on any atom is -0.389 e. The van der Waals surface area contributed by atoms with Gasteiger partial charge in [-0.15, -0.1) is 12.4 Å². The van der Waals surface area contributed by atoms with Crippen LogP contribution < -0.4 is 5.73 Å². The van der Waals surface area contributed by atoms with Crippen molar-refractivity contribution in [2.24, 2.45) is 11.7 Å². The number of aliphatic hydroxyl groups excluding tert-OH is 1. The van der Waals surface area contributed by atoms with Crippen molar-refractivity contribution in [3.8, 4) is 0 Å². The molecule has 0 saturated heterocycles. The van der Waals surface area contributed by atoms with Crippen LogP contribution in [0.25, 0.3) is 0 Å². The van der Waals surface area contributed by atoms with E-state index in [1.807, 2.05) is 30.3 Å². The first-order valence-electron chi connectivity index (χ1n) is 9.38. The van der Waals surface area contributed by atoms with E-state index in [1.54, 1.807) is 11.9 Å². The van der Waals surface area contributed by atoms with E-state index in [2.05, 4.69) is 0 Å². The van der Waals surface area contributed by atoms with Gasteiger partial charge < -0.3 is 20.5 Å². The Morgan fingerprint density at radius 1 is 1.23 bits per heavy atom. The first-order chi connectivity index (χ1) is 12.1. The van der Waals surface area contributed by atoms with Crippen molar-refractivity contribution in [1.82, 2.24) is 4.90 Å². The zero-order valence-corrected chi connectivity index (χ0v) is 16.5. The van der Waals surface area contributed by atoms with E-state index in [9.17, 15) is 9.90 Å². The maximum Gasteiger partial charge on any atom is 0.227 e.